The van der Waals surface area contributed by atoms with E-state index in [-0.39, 0.29) is 49.9 Å². The number of amides is 9. The Kier molecular flexibility index (Phi) is 25.0. The Hall–Kier alpha value is -7.70. The first-order valence-electron chi connectivity index (χ1n) is 25.0. The van der Waals surface area contributed by atoms with E-state index in [1.54, 1.807) is 58.0 Å². The molecule has 0 aliphatic carbocycles. The number of carbonyl (C=O) groups is 10. The number of aliphatic carboxylic acids is 1. The highest BCUT2D eigenvalue weighted by molar-refractivity contribution is 5.99. The van der Waals surface area contributed by atoms with Crippen molar-refractivity contribution in [2.45, 2.75) is 149 Å². The number of aromatic amines is 2. The van der Waals surface area contributed by atoms with E-state index in [1.807, 2.05) is 27.7 Å². The van der Waals surface area contributed by atoms with Gasteiger partial charge in [-0.05, 0) is 48.5 Å². The molecule has 2 aromatic heterocycles. The summed E-state index contributed by atoms with van der Waals surface area (Å²) < 4.78 is 0. The van der Waals surface area contributed by atoms with Crippen molar-refractivity contribution in [3.05, 3.63) is 72.3 Å². The summed E-state index contributed by atoms with van der Waals surface area (Å²) in [7, 11) is 0. The fraction of sp³-hybridized carbons (Fsp3) is 0.560. The highest BCUT2D eigenvalue weighted by atomic mass is 16.4. The van der Waals surface area contributed by atoms with Gasteiger partial charge in [-0.25, -0.2) is 14.8 Å². The molecule has 8 atom stereocenters. The highest BCUT2D eigenvalue weighted by Crippen LogP contribution is 2.13. The van der Waals surface area contributed by atoms with Crippen LogP contribution in [0.25, 0.3) is 0 Å². The van der Waals surface area contributed by atoms with Crippen LogP contribution in [-0.2, 0) is 67.2 Å². The molecule has 9 amide bonds. The lowest BCUT2D eigenvalue weighted by atomic mass is 9.98. The molecule has 0 radical (unpaired) electrons. The third-order valence-electron chi connectivity index (χ3n) is 11.6. The van der Waals surface area contributed by atoms with Crippen LogP contribution >= 0.6 is 0 Å². The van der Waals surface area contributed by atoms with Gasteiger partial charge >= 0.3 is 5.97 Å². The van der Waals surface area contributed by atoms with Crippen molar-refractivity contribution in [3.8, 4) is 0 Å². The minimum absolute atomic E-state index is 0.00119. The van der Waals surface area contributed by atoms with Gasteiger partial charge in [-0.2, -0.15) is 0 Å². The molecule has 3 aromatic rings. The minimum Gasteiger partial charge on any atom is -0.480 e. The number of hydrogen-bond donors (Lipinski definition) is 13. The molecule has 0 saturated heterocycles. The number of imidazole rings is 2. The van der Waals surface area contributed by atoms with Gasteiger partial charge < -0.3 is 69.1 Å². The van der Waals surface area contributed by atoms with Gasteiger partial charge in [0.05, 0.1) is 31.7 Å². The summed E-state index contributed by atoms with van der Waals surface area (Å²) in [4.78, 5) is 148. The largest absolute Gasteiger partial charge is 0.480 e. The second-order valence-electron chi connectivity index (χ2n) is 20.1. The number of nitrogens with two attached hydrogens (primary N) is 2. The summed E-state index contributed by atoms with van der Waals surface area (Å²) in [6, 6.07) is -1.61. The zero-order chi connectivity index (χ0) is 55.9. The molecule has 2 heterocycles. The molecular formula is C50H76N14O11. The summed E-state index contributed by atoms with van der Waals surface area (Å²) in [6.07, 6.45) is 4.79. The normalized spacial score (nSPS) is 14.5. The Morgan fingerprint density at radius 3 is 1.45 bits per heavy atom. The number of primary amides is 1. The van der Waals surface area contributed by atoms with Gasteiger partial charge in [-0.1, -0.05) is 85.7 Å². The van der Waals surface area contributed by atoms with Crippen molar-refractivity contribution in [1.82, 2.24) is 62.5 Å². The zero-order valence-electron chi connectivity index (χ0n) is 43.9. The molecule has 8 unspecified atom stereocenters. The van der Waals surface area contributed by atoms with E-state index in [4.69, 9.17) is 11.5 Å². The average molecular weight is 1050 g/mol. The number of H-pyrrole nitrogens is 2. The lowest BCUT2D eigenvalue weighted by Crippen LogP contribution is -2.61. The summed E-state index contributed by atoms with van der Waals surface area (Å²) in [5.74, 6) is -9.42. The third-order valence-corrected chi connectivity index (χ3v) is 11.6. The van der Waals surface area contributed by atoms with Crippen LogP contribution in [0.5, 0.6) is 0 Å². The van der Waals surface area contributed by atoms with E-state index >= 15 is 0 Å². The number of nitrogens with zero attached hydrogens (tertiary/aromatic N) is 2. The molecule has 1 aromatic carbocycles. The first-order chi connectivity index (χ1) is 35.3. The predicted molar refractivity (Wildman–Crippen MR) is 274 cm³/mol. The molecule has 15 N–H and O–H groups in total. The molecule has 0 spiro atoms. The maximum absolute atomic E-state index is 14.4. The standard InChI is InChI=1S/C50H76N14O11/c1-26(2)14-33(51)43(67)64-42(29(7)8)49(73)63-35(16-28(5)6)46(70)60-36(17-30-12-10-9-11-13-30)47(71)59-34(15-27(3)4)45(69)62-38(20-40(52)65)48(72)61-37(18-31-21-53-24-56-31)44(68)55-23-41(66)58-39(50(74)75)19-32-22-54-25-57-32/h9-13,21-22,24-29,33-39,42H,14-20,23,51H2,1-8H3,(H2,52,65)(H,53,56)(H,54,57)(H,55,68)(H,58,66)(H,59,71)(H,60,70)(H,61,72)(H,62,69)(H,63,73)(H,64,67)(H,74,75). The van der Waals surface area contributed by atoms with Gasteiger partial charge in [0.25, 0.3) is 0 Å². The SMILES string of the molecule is CC(C)CC(N)C(=O)NC(C(=O)NC(CC(C)C)C(=O)NC(Cc1ccccc1)C(=O)NC(CC(C)C)C(=O)NC(CC(N)=O)C(=O)NC(Cc1cnc[nH]1)C(=O)NCC(=O)NC(Cc1cnc[nH]1)C(=O)O)C(C)C. The Morgan fingerprint density at radius 1 is 0.533 bits per heavy atom. The molecule has 0 bridgehead atoms. The molecule has 0 saturated carbocycles. The number of carboxylic acid groups (broad SMARTS) is 1. The van der Waals surface area contributed by atoms with Crippen molar-refractivity contribution in [2.75, 3.05) is 6.54 Å². The molecule has 0 aliphatic rings. The van der Waals surface area contributed by atoms with Crippen LogP contribution in [0.2, 0.25) is 0 Å². The number of carboxylic acids is 1. The van der Waals surface area contributed by atoms with Crippen molar-refractivity contribution in [1.29, 1.82) is 0 Å². The van der Waals surface area contributed by atoms with Crippen molar-refractivity contribution in [2.24, 2.45) is 35.1 Å². The maximum atomic E-state index is 14.4. The van der Waals surface area contributed by atoms with Gasteiger partial charge in [0.2, 0.25) is 53.2 Å². The summed E-state index contributed by atoms with van der Waals surface area (Å²) in [5.41, 5.74) is 13.1. The lowest BCUT2D eigenvalue weighted by Gasteiger charge is -2.29. The molecule has 0 aliphatic heterocycles. The smallest absolute Gasteiger partial charge is 0.326 e. The fourth-order valence-electron chi connectivity index (χ4n) is 7.81. The summed E-state index contributed by atoms with van der Waals surface area (Å²) in [5, 5.41) is 30.3. The molecular weight excluding hydrogens is 973 g/mol. The van der Waals surface area contributed by atoms with E-state index in [0.29, 0.717) is 23.4 Å². The number of nitrogens with one attached hydrogen (secondary N) is 10. The van der Waals surface area contributed by atoms with E-state index < -0.39 is 126 Å². The first-order valence-corrected chi connectivity index (χ1v) is 25.0. The predicted octanol–water partition coefficient (Wildman–Crippen LogP) is -1.25. The summed E-state index contributed by atoms with van der Waals surface area (Å²) in [6.45, 7) is 13.8. The van der Waals surface area contributed by atoms with Gasteiger partial charge in [-0.15, -0.1) is 0 Å². The molecule has 412 valence electrons. The monoisotopic (exact) mass is 1050 g/mol. The Labute approximate surface area is 436 Å². The van der Waals surface area contributed by atoms with Crippen molar-refractivity contribution < 1.29 is 53.1 Å². The van der Waals surface area contributed by atoms with E-state index in [2.05, 4.69) is 62.5 Å². The Balaban J connectivity index is 1.85. The van der Waals surface area contributed by atoms with Gasteiger partial charge in [-0.3, -0.25) is 43.2 Å². The van der Waals surface area contributed by atoms with E-state index in [0.717, 1.165) is 0 Å². The number of aromatic nitrogens is 4. The topological polar surface area (TPSA) is 397 Å². The quantitative estimate of drug-likeness (QED) is 0.0348. The first kappa shape index (κ1) is 61.6. The van der Waals surface area contributed by atoms with Crippen LogP contribution in [0.3, 0.4) is 0 Å². The Bertz CT molecular complexity index is 2360. The van der Waals surface area contributed by atoms with Crippen LogP contribution in [0, 0.1) is 23.7 Å². The van der Waals surface area contributed by atoms with E-state index in [9.17, 15) is 53.1 Å². The zero-order valence-corrected chi connectivity index (χ0v) is 43.9. The van der Waals surface area contributed by atoms with Crippen LogP contribution in [-0.4, -0.2) is 139 Å². The van der Waals surface area contributed by atoms with Crippen LogP contribution in [0.15, 0.2) is 55.4 Å². The number of carbonyl (C=O) groups excluding carboxylic acids is 9. The average Bonchev–Trinajstić information content (AvgIpc) is 4.05. The molecule has 75 heavy (non-hydrogen) atoms. The molecule has 25 nitrogen and oxygen atoms in total. The molecule has 25 heteroatoms. The fourth-order valence-corrected chi connectivity index (χ4v) is 7.81. The third kappa shape index (κ3) is 22.1. The van der Waals surface area contributed by atoms with Crippen molar-refractivity contribution in [3.63, 3.8) is 0 Å². The van der Waals surface area contributed by atoms with Crippen LogP contribution in [0.1, 0.15) is 98.0 Å². The number of rotatable bonds is 32. The minimum atomic E-state index is -1.70. The van der Waals surface area contributed by atoms with Crippen LogP contribution < -0.4 is 54.0 Å². The molecule has 3 rings (SSSR count). The number of benzene rings is 1. The second-order valence-corrected chi connectivity index (χ2v) is 20.1. The maximum Gasteiger partial charge on any atom is 0.326 e. The lowest BCUT2D eigenvalue weighted by molar-refractivity contribution is -0.141. The van der Waals surface area contributed by atoms with Gasteiger partial charge in [0, 0.05) is 43.0 Å². The van der Waals surface area contributed by atoms with E-state index in [1.165, 1.54) is 25.0 Å². The van der Waals surface area contributed by atoms with Gasteiger partial charge in [0.1, 0.15) is 42.3 Å². The van der Waals surface area contributed by atoms with Gasteiger partial charge in [0.15, 0.2) is 0 Å². The summed E-state index contributed by atoms with van der Waals surface area (Å²) >= 11 is 0. The van der Waals surface area contributed by atoms with Crippen molar-refractivity contribution >= 4 is 59.1 Å². The highest BCUT2D eigenvalue weighted by Gasteiger charge is 2.36. The Morgan fingerprint density at radius 2 is 0.987 bits per heavy atom. The van der Waals surface area contributed by atoms with Crippen LogP contribution in [0.4, 0.5) is 0 Å². The molecule has 0 fully saturated rings. The number of hydrogen-bond acceptors (Lipinski definition) is 13. The second kappa shape index (κ2) is 30.5.